The van der Waals surface area contributed by atoms with Crippen LogP contribution in [0.3, 0.4) is 0 Å². The smallest absolute Gasteiger partial charge is 0.380 e. The normalized spacial score (nSPS) is 18.7. The quantitative estimate of drug-likeness (QED) is 0.673. The maximum atomic E-state index is 12.7. The van der Waals surface area contributed by atoms with Gasteiger partial charge in [0.2, 0.25) is 5.91 Å². The number of nitrogens with zero attached hydrogens (tertiary/aromatic N) is 1. The lowest BCUT2D eigenvalue weighted by Gasteiger charge is -2.38. The average Bonchev–Trinajstić information content (AvgIpc) is 2.46. The Balaban J connectivity index is 1.94. The van der Waals surface area contributed by atoms with Gasteiger partial charge in [0.15, 0.2) is 5.60 Å². The summed E-state index contributed by atoms with van der Waals surface area (Å²) < 4.78 is 50.7. The lowest BCUT2D eigenvalue weighted by atomic mass is 9.91. The van der Waals surface area contributed by atoms with Crippen LogP contribution in [0.4, 0.5) is 17.6 Å². The molecule has 1 fully saturated rings. The van der Waals surface area contributed by atoms with Crippen LogP contribution in [-0.4, -0.2) is 40.8 Å². The lowest BCUT2D eigenvalue weighted by molar-refractivity contribution is -0.271. The van der Waals surface area contributed by atoms with Crippen molar-refractivity contribution in [2.24, 2.45) is 0 Å². The first kappa shape index (κ1) is 16.5. The second-order valence-corrected chi connectivity index (χ2v) is 5.24. The fourth-order valence-corrected chi connectivity index (χ4v) is 2.23. The minimum absolute atomic E-state index is 0.164. The molecule has 1 aliphatic heterocycles. The molecule has 22 heavy (non-hydrogen) atoms. The molecule has 1 N–H and O–H groups in total. The Bertz CT molecular complexity index is 558. The van der Waals surface area contributed by atoms with Crippen LogP contribution in [0.5, 0.6) is 0 Å². The van der Waals surface area contributed by atoms with Gasteiger partial charge < -0.3 is 10.0 Å². The van der Waals surface area contributed by atoms with E-state index in [1.165, 1.54) is 41.3 Å². The fraction of sp³-hybridized carbons (Fsp3) is 0.400. The van der Waals surface area contributed by atoms with Gasteiger partial charge in [-0.05, 0) is 23.8 Å². The molecule has 3 nitrogen and oxygen atoms in total. The number of carbonyl (C=O) groups excluding carboxylic acids is 1. The number of benzene rings is 1. The molecule has 0 spiro atoms. The molecule has 1 saturated heterocycles. The van der Waals surface area contributed by atoms with E-state index in [0.717, 1.165) is 0 Å². The molecule has 1 aromatic carbocycles. The van der Waals surface area contributed by atoms with Crippen molar-refractivity contribution < 1.29 is 27.5 Å². The van der Waals surface area contributed by atoms with Crippen LogP contribution in [0, 0.1) is 5.82 Å². The molecule has 1 heterocycles. The number of amides is 1. The van der Waals surface area contributed by atoms with Gasteiger partial charge in [-0.1, -0.05) is 12.1 Å². The molecule has 0 unspecified atom stereocenters. The summed E-state index contributed by atoms with van der Waals surface area (Å²) in [4.78, 5) is 13.2. The first-order valence-corrected chi connectivity index (χ1v) is 6.73. The first-order valence-electron chi connectivity index (χ1n) is 6.73. The highest BCUT2D eigenvalue weighted by atomic mass is 19.4. The largest absolute Gasteiger partial charge is 0.417 e. The average molecular weight is 317 g/mol. The molecule has 1 aromatic rings. The number of carbonyl (C=O) groups is 1. The Morgan fingerprint density at radius 3 is 2.23 bits per heavy atom. The molecule has 0 aromatic heterocycles. The molecular weight excluding hydrogens is 302 g/mol. The van der Waals surface area contributed by atoms with Crippen molar-refractivity contribution >= 4 is 12.0 Å². The minimum atomic E-state index is -4.69. The zero-order valence-electron chi connectivity index (χ0n) is 11.6. The molecular formula is C15H15F4NO2. The molecule has 7 heteroatoms. The van der Waals surface area contributed by atoms with Crippen molar-refractivity contribution in [2.75, 3.05) is 13.1 Å². The SMILES string of the molecule is O=C(/C=C/c1ccc(F)cc1)N1CCC(O)(C(F)(F)F)CC1. The number of rotatable bonds is 2. The van der Waals surface area contributed by atoms with Crippen LogP contribution >= 0.6 is 0 Å². The Morgan fingerprint density at radius 2 is 1.73 bits per heavy atom. The molecule has 1 amide bonds. The summed E-state index contributed by atoms with van der Waals surface area (Å²) in [5.74, 6) is -0.834. The summed E-state index contributed by atoms with van der Waals surface area (Å²) in [6, 6.07) is 5.46. The molecule has 0 saturated carbocycles. The predicted molar refractivity (Wildman–Crippen MR) is 72.3 cm³/mol. The third kappa shape index (κ3) is 3.65. The van der Waals surface area contributed by atoms with Crippen LogP contribution in [0.15, 0.2) is 30.3 Å². The third-order valence-corrected chi connectivity index (χ3v) is 3.72. The van der Waals surface area contributed by atoms with Crippen LogP contribution < -0.4 is 0 Å². The summed E-state index contributed by atoms with van der Waals surface area (Å²) in [6.07, 6.45) is -3.07. The fourth-order valence-electron chi connectivity index (χ4n) is 2.23. The second-order valence-electron chi connectivity index (χ2n) is 5.24. The summed E-state index contributed by atoms with van der Waals surface area (Å²) in [7, 11) is 0. The monoisotopic (exact) mass is 317 g/mol. The first-order chi connectivity index (χ1) is 10.2. The van der Waals surface area contributed by atoms with E-state index in [0.29, 0.717) is 5.56 Å². The summed E-state index contributed by atoms with van der Waals surface area (Å²) in [5, 5.41) is 9.52. The van der Waals surface area contributed by atoms with E-state index >= 15 is 0 Å². The van der Waals surface area contributed by atoms with Crippen molar-refractivity contribution in [1.82, 2.24) is 4.90 Å². The van der Waals surface area contributed by atoms with Gasteiger partial charge in [0.1, 0.15) is 5.82 Å². The number of halogens is 4. The highest BCUT2D eigenvalue weighted by molar-refractivity contribution is 5.91. The maximum absolute atomic E-state index is 12.7. The van der Waals surface area contributed by atoms with Crippen LogP contribution in [-0.2, 0) is 4.79 Å². The van der Waals surface area contributed by atoms with Crippen molar-refractivity contribution in [2.45, 2.75) is 24.6 Å². The van der Waals surface area contributed by atoms with Gasteiger partial charge in [-0.25, -0.2) is 4.39 Å². The van der Waals surface area contributed by atoms with Gasteiger partial charge in [0, 0.05) is 32.0 Å². The number of alkyl halides is 3. The predicted octanol–water partition coefficient (Wildman–Crippen LogP) is 2.75. The van der Waals surface area contributed by atoms with Crippen molar-refractivity contribution in [3.05, 3.63) is 41.7 Å². The van der Waals surface area contributed by atoms with Gasteiger partial charge in [-0.15, -0.1) is 0 Å². The molecule has 2 rings (SSSR count). The number of hydrogen-bond donors (Lipinski definition) is 1. The number of piperidine rings is 1. The number of hydrogen-bond acceptors (Lipinski definition) is 2. The Labute approximate surface area is 124 Å². The van der Waals surface area contributed by atoms with Crippen molar-refractivity contribution in [3.8, 4) is 0 Å². The zero-order chi connectivity index (χ0) is 16.4. The minimum Gasteiger partial charge on any atom is -0.380 e. The van der Waals surface area contributed by atoms with E-state index in [1.807, 2.05) is 0 Å². The summed E-state index contributed by atoms with van der Waals surface area (Å²) >= 11 is 0. The molecule has 0 bridgehead atoms. The number of aliphatic hydroxyl groups is 1. The maximum Gasteiger partial charge on any atom is 0.417 e. The summed E-state index contributed by atoms with van der Waals surface area (Å²) in [6.45, 7) is -0.328. The van der Waals surface area contributed by atoms with E-state index < -0.39 is 36.3 Å². The van der Waals surface area contributed by atoms with E-state index in [1.54, 1.807) is 0 Å². The van der Waals surface area contributed by atoms with Crippen LogP contribution in [0.25, 0.3) is 6.08 Å². The second kappa shape index (κ2) is 6.08. The highest BCUT2D eigenvalue weighted by Gasteiger charge is 2.54. The van der Waals surface area contributed by atoms with Crippen LogP contribution in [0.1, 0.15) is 18.4 Å². The van der Waals surface area contributed by atoms with E-state index in [-0.39, 0.29) is 13.1 Å². The van der Waals surface area contributed by atoms with Gasteiger partial charge in [-0.2, -0.15) is 13.2 Å². The Morgan fingerprint density at radius 1 is 1.18 bits per heavy atom. The lowest BCUT2D eigenvalue weighted by Crippen LogP contribution is -2.54. The van der Waals surface area contributed by atoms with Gasteiger partial charge in [0.25, 0.3) is 0 Å². The molecule has 0 radical (unpaired) electrons. The Hall–Kier alpha value is -1.89. The van der Waals surface area contributed by atoms with E-state index in [2.05, 4.69) is 0 Å². The van der Waals surface area contributed by atoms with Gasteiger partial charge in [-0.3, -0.25) is 4.79 Å². The van der Waals surface area contributed by atoms with E-state index in [4.69, 9.17) is 0 Å². The van der Waals surface area contributed by atoms with Gasteiger partial charge in [0.05, 0.1) is 0 Å². The Kier molecular flexibility index (Phi) is 4.55. The molecule has 120 valence electrons. The topological polar surface area (TPSA) is 40.5 Å². The third-order valence-electron chi connectivity index (χ3n) is 3.72. The standard InChI is InChI=1S/C15H15F4NO2/c16-12-4-1-11(2-5-12)3-6-13(21)20-9-7-14(22,8-10-20)15(17,18)19/h1-6,22H,7-10H2/b6-3+. The van der Waals surface area contributed by atoms with Crippen molar-refractivity contribution in [1.29, 1.82) is 0 Å². The van der Waals surface area contributed by atoms with E-state index in [9.17, 15) is 27.5 Å². The summed E-state index contributed by atoms with van der Waals surface area (Å²) in [5.41, 5.74) is -2.11. The zero-order valence-corrected chi connectivity index (χ0v) is 11.6. The van der Waals surface area contributed by atoms with Crippen molar-refractivity contribution in [3.63, 3.8) is 0 Å². The van der Waals surface area contributed by atoms with Gasteiger partial charge >= 0.3 is 6.18 Å². The molecule has 0 atom stereocenters. The van der Waals surface area contributed by atoms with Crippen LogP contribution in [0.2, 0.25) is 0 Å². The highest BCUT2D eigenvalue weighted by Crippen LogP contribution is 2.38. The number of likely N-dealkylation sites (tertiary alicyclic amines) is 1. The molecule has 0 aliphatic carbocycles. The molecule has 1 aliphatic rings.